The van der Waals surface area contributed by atoms with Crippen molar-refractivity contribution < 1.29 is 14.2 Å². The molecule has 0 amide bonds. The van der Waals surface area contributed by atoms with Crippen LogP contribution < -0.4 is 0 Å². The second kappa shape index (κ2) is 10.7. The van der Waals surface area contributed by atoms with Crippen molar-refractivity contribution in [1.82, 2.24) is 0 Å². The first kappa shape index (κ1) is 20.9. The fourth-order valence-electron chi connectivity index (χ4n) is 3.54. The molecule has 1 aliphatic carbocycles. The van der Waals surface area contributed by atoms with Crippen LogP contribution in [0.3, 0.4) is 0 Å². The second-order valence-corrected chi connectivity index (χ2v) is 8.38. The van der Waals surface area contributed by atoms with E-state index in [1.807, 2.05) is 0 Å². The van der Waals surface area contributed by atoms with Crippen LogP contribution in [-0.4, -0.2) is 40.1 Å². The number of ether oxygens (including phenoxy) is 3. The van der Waals surface area contributed by atoms with Gasteiger partial charge in [-0.3, -0.25) is 0 Å². The third kappa shape index (κ3) is 7.11. The summed E-state index contributed by atoms with van der Waals surface area (Å²) in [4.78, 5) is 0. The maximum atomic E-state index is 6.45. The lowest BCUT2D eigenvalue weighted by Gasteiger charge is -2.44. The van der Waals surface area contributed by atoms with Gasteiger partial charge in [0.15, 0.2) is 0 Å². The van der Waals surface area contributed by atoms with Crippen molar-refractivity contribution in [1.29, 1.82) is 0 Å². The molecule has 0 radical (unpaired) electrons. The van der Waals surface area contributed by atoms with Crippen molar-refractivity contribution >= 4 is 0 Å². The molecular formula is C20H40O3. The summed E-state index contributed by atoms with van der Waals surface area (Å²) in [5, 5.41) is 0. The summed E-state index contributed by atoms with van der Waals surface area (Å²) in [5.41, 5.74) is -0.0131. The van der Waals surface area contributed by atoms with E-state index in [0.29, 0.717) is 19.3 Å². The minimum Gasteiger partial charge on any atom is -0.384 e. The molecule has 0 spiro atoms. The molecule has 3 heteroatoms. The van der Waals surface area contributed by atoms with E-state index in [2.05, 4.69) is 20.8 Å². The Labute approximate surface area is 144 Å². The lowest BCUT2D eigenvalue weighted by molar-refractivity contribution is -0.125. The molecule has 0 saturated heterocycles. The third-order valence-electron chi connectivity index (χ3n) is 5.58. The maximum absolute atomic E-state index is 6.45. The Balaban J connectivity index is 2.66. The predicted molar refractivity (Wildman–Crippen MR) is 96.9 cm³/mol. The number of hydrogen-bond donors (Lipinski definition) is 0. The second-order valence-electron chi connectivity index (χ2n) is 8.38. The van der Waals surface area contributed by atoms with Gasteiger partial charge in [-0.05, 0) is 18.3 Å². The zero-order valence-corrected chi connectivity index (χ0v) is 16.3. The molecule has 1 rings (SSSR count). The van der Waals surface area contributed by atoms with Gasteiger partial charge in [0, 0.05) is 19.6 Å². The van der Waals surface area contributed by atoms with Crippen LogP contribution in [0.1, 0.15) is 78.6 Å². The van der Waals surface area contributed by atoms with E-state index < -0.39 is 0 Å². The third-order valence-corrected chi connectivity index (χ3v) is 5.58. The molecule has 1 aliphatic rings. The topological polar surface area (TPSA) is 27.7 Å². The van der Waals surface area contributed by atoms with E-state index in [1.54, 1.807) is 14.2 Å². The molecule has 3 nitrogen and oxygen atoms in total. The minimum atomic E-state index is -0.0915. The van der Waals surface area contributed by atoms with E-state index in [4.69, 9.17) is 14.2 Å². The highest BCUT2D eigenvalue weighted by Gasteiger charge is 2.43. The average Bonchev–Trinajstić information content (AvgIpc) is 2.50. The van der Waals surface area contributed by atoms with Gasteiger partial charge in [0.2, 0.25) is 0 Å². The van der Waals surface area contributed by atoms with Crippen LogP contribution >= 0.6 is 0 Å². The summed E-state index contributed by atoms with van der Waals surface area (Å²) in [6.07, 6.45) is 12.4. The largest absolute Gasteiger partial charge is 0.384 e. The molecule has 23 heavy (non-hydrogen) atoms. The highest BCUT2D eigenvalue weighted by molar-refractivity contribution is 4.91. The Morgan fingerprint density at radius 2 is 1.13 bits per heavy atom. The van der Waals surface area contributed by atoms with Crippen molar-refractivity contribution in [2.45, 2.75) is 84.7 Å². The van der Waals surface area contributed by atoms with Crippen molar-refractivity contribution in [2.75, 3.05) is 34.0 Å². The number of rotatable bonds is 7. The van der Waals surface area contributed by atoms with Crippen molar-refractivity contribution in [2.24, 2.45) is 10.8 Å². The number of hydrogen-bond acceptors (Lipinski definition) is 3. The average molecular weight is 329 g/mol. The highest BCUT2D eigenvalue weighted by atomic mass is 16.5. The lowest BCUT2D eigenvalue weighted by Crippen LogP contribution is -2.48. The van der Waals surface area contributed by atoms with Crippen LogP contribution in [0.15, 0.2) is 0 Å². The van der Waals surface area contributed by atoms with Gasteiger partial charge in [-0.15, -0.1) is 0 Å². The van der Waals surface area contributed by atoms with Crippen LogP contribution in [0.25, 0.3) is 0 Å². The molecule has 1 fully saturated rings. The van der Waals surface area contributed by atoms with Crippen LogP contribution in [-0.2, 0) is 14.2 Å². The highest BCUT2D eigenvalue weighted by Crippen LogP contribution is 2.40. The molecule has 138 valence electrons. The quantitative estimate of drug-likeness (QED) is 0.641. The van der Waals surface area contributed by atoms with Gasteiger partial charge < -0.3 is 14.2 Å². The molecule has 0 unspecified atom stereocenters. The summed E-state index contributed by atoms with van der Waals surface area (Å²) in [5.74, 6) is 0. The maximum Gasteiger partial charge on any atom is 0.0575 e. The fraction of sp³-hybridized carbons (Fsp3) is 1.00. The fourth-order valence-corrected chi connectivity index (χ4v) is 3.54. The van der Waals surface area contributed by atoms with Gasteiger partial charge in [-0.2, -0.15) is 0 Å². The van der Waals surface area contributed by atoms with Gasteiger partial charge in [-0.1, -0.05) is 65.7 Å². The van der Waals surface area contributed by atoms with Crippen LogP contribution in [0, 0.1) is 10.8 Å². The molecule has 0 N–H and O–H groups in total. The normalized spacial score (nSPS) is 19.7. The molecule has 0 atom stereocenters. The van der Waals surface area contributed by atoms with Gasteiger partial charge >= 0.3 is 0 Å². The van der Waals surface area contributed by atoms with Crippen LogP contribution in [0.5, 0.6) is 0 Å². The Bertz CT molecular complexity index is 280. The summed E-state index contributed by atoms with van der Waals surface area (Å²) < 4.78 is 17.5. The van der Waals surface area contributed by atoms with Crippen LogP contribution in [0.2, 0.25) is 0 Å². The Hall–Kier alpha value is -0.120. The summed E-state index contributed by atoms with van der Waals surface area (Å²) in [6, 6.07) is 0. The van der Waals surface area contributed by atoms with Gasteiger partial charge in [-0.25, -0.2) is 0 Å². The molecular weight excluding hydrogens is 288 g/mol. The zero-order chi connectivity index (χ0) is 17.2. The first-order valence-corrected chi connectivity index (χ1v) is 9.55. The van der Waals surface area contributed by atoms with E-state index in [9.17, 15) is 0 Å². The molecule has 0 aromatic carbocycles. The predicted octanol–water partition coefficient (Wildman–Crippen LogP) is 5.22. The van der Waals surface area contributed by atoms with Crippen molar-refractivity contribution in [3.8, 4) is 0 Å². The van der Waals surface area contributed by atoms with Gasteiger partial charge in [0.1, 0.15) is 0 Å². The lowest BCUT2D eigenvalue weighted by atomic mass is 9.68. The van der Waals surface area contributed by atoms with Gasteiger partial charge in [0.05, 0.1) is 25.9 Å². The molecule has 1 saturated carbocycles. The first-order chi connectivity index (χ1) is 10.9. The van der Waals surface area contributed by atoms with Crippen LogP contribution in [0.4, 0.5) is 0 Å². The van der Waals surface area contributed by atoms with E-state index in [-0.39, 0.29) is 10.8 Å². The molecule has 0 bridgehead atoms. The SMILES string of the molecule is COCC(COC)(COC1CCCCCCCCC1)C(C)(C)C. The minimum absolute atomic E-state index is 0.0784. The smallest absolute Gasteiger partial charge is 0.0575 e. The van der Waals surface area contributed by atoms with E-state index >= 15 is 0 Å². The van der Waals surface area contributed by atoms with Crippen molar-refractivity contribution in [3.63, 3.8) is 0 Å². The number of methoxy groups -OCH3 is 2. The van der Waals surface area contributed by atoms with Gasteiger partial charge in [0.25, 0.3) is 0 Å². The summed E-state index contributed by atoms with van der Waals surface area (Å²) in [7, 11) is 3.55. The first-order valence-electron chi connectivity index (χ1n) is 9.55. The zero-order valence-electron chi connectivity index (χ0n) is 16.3. The standard InChI is InChI=1S/C20H40O3/c1-19(2,3)20(15-21-4,16-22-5)17-23-18-13-11-9-7-6-8-10-12-14-18/h18H,6-17H2,1-5H3. The monoisotopic (exact) mass is 328 g/mol. The van der Waals surface area contributed by atoms with Crippen molar-refractivity contribution in [3.05, 3.63) is 0 Å². The Kier molecular flexibility index (Phi) is 9.72. The Morgan fingerprint density at radius 3 is 1.52 bits per heavy atom. The molecule has 0 heterocycles. The molecule has 0 aliphatic heterocycles. The molecule has 0 aromatic heterocycles. The Morgan fingerprint density at radius 1 is 0.696 bits per heavy atom. The molecule has 0 aromatic rings. The van der Waals surface area contributed by atoms with E-state index in [0.717, 1.165) is 6.61 Å². The summed E-state index contributed by atoms with van der Waals surface area (Å²) >= 11 is 0. The summed E-state index contributed by atoms with van der Waals surface area (Å²) in [6.45, 7) is 8.88. The van der Waals surface area contributed by atoms with E-state index in [1.165, 1.54) is 57.8 Å².